The zero-order chi connectivity index (χ0) is 10.0. The van der Waals surface area contributed by atoms with Crippen LogP contribution in [-0.4, -0.2) is 13.0 Å². The lowest BCUT2D eigenvalue weighted by molar-refractivity contribution is 0.0999. The van der Waals surface area contributed by atoms with Gasteiger partial charge in [-0.05, 0) is 34.7 Å². The minimum atomic E-state index is -0.653. The lowest BCUT2D eigenvalue weighted by atomic mass is 10.2. The van der Waals surface area contributed by atoms with Crippen molar-refractivity contribution in [2.45, 2.75) is 0 Å². The second-order valence-electron chi connectivity index (χ2n) is 2.34. The summed E-state index contributed by atoms with van der Waals surface area (Å²) in [5.41, 5.74) is 5.13. The molecule has 0 heterocycles. The first kappa shape index (κ1) is 10.2. The number of ether oxygens (including phenoxy) is 1. The van der Waals surface area contributed by atoms with E-state index >= 15 is 0 Å². The summed E-state index contributed by atoms with van der Waals surface area (Å²) in [6, 6.07) is 2.54. The zero-order valence-electron chi connectivity index (χ0n) is 6.80. The second-order valence-corrected chi connectivity index (χ2v) is 3.50. The summed E-state index contributed by atoms with van der Waals surface area (Å²) >= 11 is 1.87. The Bertz CT molecular complexity index is 331. The van der Waals surface area contributed by atoms with Crippen molar-refractivity contribution in [2.24, 2.45) is 5.73 Å². The molecule has 0 saturated heterocycles. The Morgan fingerprint density at radius 1 is 1.62 bits per heavy atom. The van der Waals surface area contributed by atoms with Crippen molar-refractivity contribution in [1.29, 1.82) is 0 Å². The predicted octanol–water partition coefficient (Wildman–Crippen LogP) is 1.54. The van der Waals surface area contributed by atoms with Crippen molar-refractivity contribution in [3.05, 3.63) is 27.1 Å². The number of nitrogens with two attached hydrogens (primary N) is 1. The molecule has 0 radical (unpaired) electrons. The number of rotatable bonds is 2. The van der Waals surface area contributed by atoms with Crippen LogP contribution in [0.1, 0.15) is 10.4 Å². The van der Waals surface area contributed by atoms with E-state index in [-0.39, 0.29) is 11.3 Å². The highest BCUT2D eigenvalue weighted by molar-refractivity contribution is 14.1. The van der Waals surface area contributed by atoms with E-state index in [1.54, 1.807) is 0 Å². The molecule has 0 aliphatic heterocycles. The Morgan fingerprint density at radius 3 is 2.62 bits per heavy atom. The summed E-state index contributed by atoms with van der Waals surface area (Å²) in [6.45, 7) is 0. The van der Waals surface area contributed by atoms with Crippen LogP contribution in [0.25, 0.3) is 0 Å². The molecule has 0 aromatic heterocycles. The monoisotopic (exact) mass is 295 g/mol. The fourth-order valence-electron chi connectivity index (χ4n) is 0.897. The summed E-state index contributed by atoms with van der Waals surface area (Å²) in [6.07, 6.45) is 0. The van der Waals surface area contributed by atoms with Crippen LogP contribution >= 0.6 is 22.6 Å². The van der Waals surface area contributed by atoms with Crippen molar-refractivity contribution in [3.63, 3.8) is 0 Å². The maximum absolute atomic E-state index is 13.1. The van der Waals surface area contributed by atoms with E-state index in [0.29, 0.717) is 3.57 Å². The van der Waals surface area contributed by atoms with Gasteiger partial charge in [0.2, 0.25) is 5.91 Å². The molecule has 1 aromatic carbocycles. The smallest absolute Gasteiger partial charge is 0.248 e. The minimum absolute atomic E-state index is 0.130. The third-order valence-electron chi connectivity index (χ3n) is 1.49. The highest BCUT2D eigenvalue weighted by atomic mass is 127. The lowest BCUT2D eigenvalue weighted by Gasteiger charge is -2.05. The SMILES string of the molecule is COc1c(F)cc(C(N)=O)cc1I. The van der Waals surface area contributed by atoms with E-state index in [0.717, 1.165) is 6.07 Å². The normalized spacial score (nSPS) is 9.77. The molecule has 0 atom stereocenters. The Kier molecular flexibility index (Phi) is 3.07. The van der Waals surface area contributed by atoms with E-state index in [1.807, 2.05) is 22.6 Å². The average Bonchev–Trinajstić information content (AvgIpc) is 2.03. The van der Waals surface area contributed by atoms with Gasteiger partial charge < -0.3 is 10.5 Å². The van der Waals surface area contributed by atoms with E-state index < -0.39 is 11.7 Å². The molecule has 0 bridgehead atoms. The Balaban J connectivity index is 3.28. The minimum Gasteiger partial charge on any atom is -0.493 e. The predicted molar refractivity (Wildman–Crippen MR) is 54.2 cm³/mol. The lowest BCUT2D eigenvalue weighted by Crippen LogP contribution is -2.11. The highest BCUT2D eigenvalue weighted by Gasteiger charge is 2.11. The van der Waals surface area contributed by atoms with Gasteiger partial charge in [0.25, 0.3) is 0 Å². The van der Waals surface area contributed by atoms with Crippen LogP contribution in [0, 0.1) is 9.39 Å². The number of hydrogen-bond acceptors (Lipinski definition) is 2. The van der Waals surface area contributed by atoms with Crippen LogP contribution in [0.4, 0.5) is 4.39 Å². The van der Waals surface area contributed by atoms with E-state index in [2.05, 4.69) is 0 Å². The maximum Gasteiger partial charge on any atom is 0.248 e. The van der Waals surface area contributed by atoms with Crippen LogP contribution in [-0.2, 0) is 0 Å². The molecule has 1 aromatic rings. The zero-order valence-corrected chi connectivity index (χ0v) is 8.96. The van der Waals surface area contributed by atoms with Gasteiger partial charge in [0.05, 0.1) is 10.7 Å². The topological polar surface area (TPSA) is 52.3 Å². The van der Waals surface area contributed by atoms with Gasteiger partial charge in [-0.2, -0.15) is 0 Å². The van der Waals surface area contributed by atoms with Gasteiger partial charge >= 0.3 is 0 Å². The number of carbonyl (C=O) groups is 1. The van der Waals surface area contributed by atoms with Crippen molar-refractivity contribution in [2.75, 3.05) is 7.11 Å². The highest BCUT2D eigenvalue weighted by Crippen LogP contribution is 2.25. The molecule has 0 spiro atoms. The fourth-order valence-corrected chi connectivity index (χ4v) is 1.71. The number of methoxy groups -OCH3 is 1. The van der Waals surface area contributed by atoms with Crippen LogP contribution in [0.2, 0.25) is 0 Å². The van der Waals surface area contributed by atoms with Gasteiger partial charge in [-0.3, -0.25) is 4.79 Å². The fraction of sp³-hybridized carbons (Fsp3) is 0.125. The van der Waals surface area contributed by atoms with Crippen molar-refractivity contribution in [3.8, 4) is 5.75 Å². The number of benzene rings is 1. The summed E-state index contributed by atoms with van der Waals surface area (Å²) in [5.74, 6) is -1.10. The number of primary amides is 1. The Labute approximate surface area is 88.2 Å². The van der Waals surface area contributed by atoms with Crippen molar-refractivity contribution >= 4 is 28.5 Å². The van der Waals surface area contributed by atoms with Gasteiger partial charge in [-0.25, -0.2) is 4.39 Å². The molecule has 1 rings (SSSR count). The summed E-state index contributed by atoms with van der Waals surface area (Å²) in [4.78, 5) is 10.7. The first-order valence-electron chi connectivity index (χ1n) is 3.39. The maximum atomic E-state index is 13.1. The first-order valence-corrected chi connectivity index (χ1v) is 4.47. The van der Waals surface area contributed by atoms with Gasteiger partial charge in [0.15, 0.2) is 11.6 Å². The van der Waals surface area contributed by atoms with Gasteiger partial charge in [0.1, 0.15) is 0 Å². The van der Waals surface area contributed by atoms with Crippen LogP contribution in [0.3, 0.4) is 0 Å². The Hall–Kier alpha value is -0.850. The van der Waals surface area contributed by atoms with Crippen LogP contribution in [0.15, 0.2) is 12.1 Å². The van der Waals surface area contributed by atoms with Gasteiger partial charge in [0, 0.05) is 5.56 Å². The largest absolute Gasteiger partial charge is 0.493 e. The van der Waals surface area contributed by atoms with E-state index in [9.17, 15) is 9.18 Å². The van der Waals surface area contributed by atoms with Gasteiger partial charge in [-0.15, -0.1) is 0 Å². The van der Waals surface area contributed by atoms with Crippen LogP contribution < -0.4 is 10.5 Å². The van der Waals surface area contributed by atoms with E-state index in [1.165, 1.54) is 13.2 Å². The molecular weight excluding hydrogens is 288 g/mol. The molecule has 3 nitrogen and oxygen atoms in total. The molecule has 0 unspecified atom stereocenters. The third-order valence-corrected chi connectivity index (χ3v) is 2.29. The average molecular weight is 295 g/mol. The van der Waals surface area contributed by atoms with E-state index in [4.69, 9.17) is 10.5 Å². The quantitative estimate of drug-likeness (QED) is 0.841. The number of amides is 1. The summed E-state index contributed by atoms with van der Waals surface area (Å²) in [5, 5.41) is 0. The molecule has 1 amide bonds. The number of carbonyl (C=O) groups excluding carboxylic acids is 1. The molecule has 13 heavy (non-hydrogen) atoms. The molecule has 2 N–H and O–H groups in total. The van der Waals surface area contributed by atoms with Crippen molar-refractivity contribution < 1.29 is 13.9 Å². The molecular formula is C8H7FINO2. The molecule has 70 valence electrons. The number of hydrogen-bond donors (Lipinski definition) is 1. The first-order chi connectivity index (χ1) is 6.06. The molecule has 5 heteroatoms. The van der Waals surface area contributed by atoms with Crippen molar-refractivity contribution in [1.82, 2.24) is 0 Å². The van der Waals surface area contributed by atoms with Crippen LogP contribution in [0.5, 0.6) is 5.75 Å². The third kappa shape index (κ3) is 2.09. The molecule has 0 aliphatic carbocycles. The van der Waals surface area contributed by atoms with Gasteiger partial charge in [-0.1, -0.05) is 0 Å². The second kappa shape index (κ2) is 3.91. The molecule has 0 saturated carbocycles. The summed E-state index contributed by atoms with van der Waals surface area (Å²) in [7, 11) is 1.37. The number of halogens is 2. The molecule has 0 fully saturated rings. The standard InChI is InChI=1S/C8H7FINO2/c1-13-7-5(9)2-4(8(11)12)3-6(7)10/h2-3H,1H3,(H2,11,12). The Morgan fingerprint density at radius 2 is 2.23 bits per heavy atom. The summed E-state index contributed by atoms with van der Waals surface area (Å²) < 4.78 is 18.4. The molecule has 0 aliphatic rings.